The van der Waals surface area contributed by atoms with Crippen LogP contribution in [0.15, 0.2) is 59.0 Å². The number of thiazole rings is 1. The van der Waals surface area contributed by atoms with Crippen molar-refractivity contribution < 1.29 is 0 Å². The Kier molecular flexibility index (Phi) is 6.93. The summed E-state index contributed by atoms with van der Waals surface area (Å²) in [5, 5.41) is 9.84. The standard InChI is InChI=1S/C21H25N5S/c1-3-22-21(25-14-18-6-4-5-12-23-18)24-13-11-19-15-27-20(26-19)17-9-7-16(2)8-10-17/h4-10,12,15H,3,11,13-14H2,1-2H3,(H2,22,24,25). The van der Waals surface area contributed by atoms with Crippen molar-refractivity contribution in [1.82, 2.24) is 20.6 Å². The number of nitrogens with zero attached hydrogens (tertiary/aromatic N) is 3. The molecule has 3 aromatic rings. The van der Waals surface area contributed by atoms with Crippen LogP contribution in [-0.4, -0.2) is 29.0 Å². The van der Waals surface area contributed by atoms with E-state index in [9.17, 15) is 0 Å². The topological polar surface area (TPSA) is 62.2 Å². The van der Waals surface area contributed by atoms with Gasteiger partial charge in [0.25, 0.3) is 0 Å². The van der Waals surface area contributed by atoms with E-state index >= 15 is 0 Å². The van der Waals surface area contributed by atoms with E-state index in [0.29, 0.717) is 6.54 Å². The molecule has 0 aliphatic heterocycles. The fourth-order valence-electron chi connectivity index (χ4n) is 2.55. The van der Waals surface area contributed by atoms with Crippen LogP contribution >= 0.6 is 11.3 Å². The second-order valence-corrected chi connectivity index (χ2v) is 7.06. The van der Waals surface area contributed by atoms with Crippen LogP contribution in [0, 0.1) is 6.92 Å². The van der Waals surface area contributed by atoms with Crippen molar-refractivity contribution in [1.29, 1.82) is 0 Å². The van der Waals surface area contributed by atoms with Gasteiger partial charge in [0.1, 0.15) is 5.01 Å². The van der Waals surface area contributed by atoms with Crippen LogP contribution < -0.4 is 10.6 Å². The highest BCUT2D eigenvalue weighted by Gasteiger charge is 2.05. The molecule has 0 saturated heterocycles. The Hall–Kier alpha value is -2.73. The van der Waals surface area contributed by atoms with E-state index in [0.717, 1.165) is 41.9 Å². The molecule has 0 saturated carbocycles. The van der Waals surface area contributed by atoms with E-state index in [4.69, 9.17) is 4.98 Å². The van der Waals surface area contributed by atoms with Crippen molar-refractivity contribution in [2.24, 2.45) is 4.99 Å². The fourth-order valence-corrected chi connectivity index (χ4v) is 3.41. The number of aryl methyl sites for hydroxylation is 1. The molecule has 0 fully saturated rings. The van der Waals surface area contributed by atoms with Crippen LogP contribution in [-0.2, 0) is 13.0 Å². The van der Waals surface area contributed by atoms with Crippen molar-refractivity contribution in [2.75, 3.05) is 13.1 Å². The van der Waals surface area contributed by atoms with Crippen LogP contribution in [0.1, 0.15) is 23.9 Å². The highest BCUT2D eigenvalue weighted by Crippen LogP contribution is 2.24. The molecule has 2 N–H and O–H groups in total. The van der Waals surface area contributed by atoms with E-state index in [2.05, 4.69) is 64.1 Å². The molecule has 0 aliphatic rings. The molecule has 0 aliphatic carbocycles. The number of benzene rings is 1. The smallest absolute Gasteiger partial charge is 0.191 e. The molecular formula is C21H25N5S. The van der Waals surface area contributed by atoms with Gasteiger partial charge in [-0.3, -0.25) is 4.98 Å². The molecule has 0 spiro atoms. The molecule has 0 atom stereocenters. The van der Waals surface area contributed by atoms with Crippen molar-refractivity contribution in [3.63, 3.8) is 0 Å². The quantitative estimate of drug-likeness (QED) is 0.484. The molecule has 3 rings (SSSR count). The maximum Gasteiger partial charge on any atom is 0.191 e. The minimum Gasteiger partial charge on any atom is -0.357 e. The van der Waals surface area contributed by atoms with Crippen molar-refractivity contribution in [3.8, 4) is 10.6 Å². The van der Waals surface area contributed by atoms with E-state index in [1.807, 2.05) is 18.2 Å². The summed E-state index contributed by atoms with van der Waals surface area (Å²) >= 11 is 1.69. The average Bonchev–Trinajstić information content (AvgIpc) is 3.16. The molecule has 2 aromatic heterocycles. The van der Waals surface area contributed by atoms with Gasteiger partial charge in [-0.2, -0.15) is 0 Å². The normalized spacial score (nSPS) is 11.4. The number of aromatic nitrogens is 2. The predicted molar refractivity (Wildman–Crippen MR) is 113 cm³/mol. The third-order valence-corrected chi connectivity index (χ3v) is 4.93. The Morgan fingerprint density at radius 2 is 1.93 bits per heavy atom. The summed E-state index contributed by atoms with van der Waals surface area (Å²) in [4.78, 5) is 13.6. The Morgan fingerprint density at radius 1 is 1.07 bits per heavy atom. The van der Waals surface area contributed by atoms with E-state index in [1.165, 1.54) is 11.1 Å². The van der Waals surface area contributed by atoms with Crippen LogP contribution in [0.4, 0.5) is 0 Å². The zero-order valence-corrected chi connectivity index (χ0v) is 16.6. The maximum atomic E-state index is 4.75. The van der Waals surface area contributed by atoms with Gasteiger partial charge in [-0.1, -0.05) is 35.9 Å². The SMILES string of the molecule is CCNC(=NCc1ccccn1)NCCc1csc(-c2ccc(C)cc2)n1. The lowest BCUT2D eigenvalue weighted by atomic mass is 10.2. The van der Waals surface area contributed by atoms with Crippen molar-refractivity contribution in [3.05, 3.63) is 71.0 Å². The number of aliphatic imine (C=N–C) groups is 1. The molecule has 1 aromatic carbocycles. The monoisotopic (exact) mass is 379 g/mol. The number of nitrogens with one attached hydrogen (secondary N) is 2. The molecule has 0 amide bonds. The highest BCUT2D eigenvalue weighted by molar-refractivity contribution is 7.13. The lowest BCUT2D eigenvalue weighted by molar-refractivity contribution is 0.789. The number of guanidine groups is 1. The Bertz CT molecular complexity index is 856. The van der Waals surface area contributed by atoms with E-state index < -0.39 is 0 Å². The summed E-state index contributed by atoms with van der Waals surface area (Å²) in [6, 6.07) is 14.4. The number of hydrogen-bond donors (Lipinski definition) is 2. The van der Waals surface area contributed by atoms with Gasteiger partial charge in [0.05, 0.1) is 17.9 Å². The summed E-state index contributed by atoms with van der Waals surface area (Å²) in [5.74, 6) is 0.803. The number of hydrogen-bond acceptors (Lipinski definition) is 4. The Balaban J connectivity index is 1.53. The first kappa shape index (κ1) is 19.0. The molecular weight excluding hydrogens is 354 g/mol. The zero-order chi connectivity index (χ0) is 18.9. The molecule has 0 radical (unpaired) electrons. The molecule has 140 valence electrons. The molecule has 2 heterocycles. The second kappa shape index (κ2) is 9.83. The average molecular weight is 380 g/mol. The van der Waals surface area contributed by atoms with Crippen LogP contribution in [0.5, 0.6) is 0 Å². The summed E-state index contributed by atoms with van der Waals surface area (Å²) in [5.41, 5.74) is 4.50. The summed E-state index contributed by atoms with van der Waals surface area (Å²) in [6.07, 6.45) is 2.65. The highest BCUT2D eigenvalue weighted by atomic mass is 32.1. The van der Waals surface area contributed by atoms with Gasteiger partial charge < -0.3 is 10.6 Å². The molecule has 5 nitrogen and oxygen atoms in total. The van der Waals surface area contributed by atoms with Crippen LogP contribution in [0.3, 0.4) is 0 Å². The van der Waals surface area contributed by atoms with E-state index in [1.54, 1.807) is 17.5 Å². The lowest BCUT2D eigenvalue weighted by Gasteiger charge is -2.10. The number of pyridine rings is 1. The first-order chi connectivity index (χ1) is 13.2. The maximum absolute atomic E-state index is 4.75. The third-order valence-electron chi connectivity index (χ3n) is 3.99. The van der Waals surface area contributed by atoms with Gasteiger partial charge in [-0.25, -0.2) is 9.98 Å². The summed E-state index contributed by atoms with van der Waals surface area (Å²) in [7, 11) is 0. The second-order valence-electron chi connectivity index (χ2n) is 6.20. The van der Waals surface area contributed by atoms with Gasteiger partial charge in [-0.15, -0.1) is 11.3 Å². The largest absolute Gasteiger partial charge is 0.357 e. The Morgan fingerprint density at radius 3 is 2.67 bits per heavy atom. The molecule has 0 unspecified atom stereocenters. The third kappa shape index (κ3) is 5.89. The van der Waals surface area contributed by atoms with Gasteiger partial charge in [0.15, 0.2) is 5.96 Å². The molecule has 27 heavy (non-hydrogen) atoms. The minimum atomic E-state index is 0.560. The van der Waals surface area contributed by atoms with Crippen LogP contribution in [0.2, 0.25) is 0 Å². The molecule has 6 heteroatoms. The Labute approximate surface area is 164 Å². The van der Waals surface area contributed by atoms with Gasteiger partial charge in [0, 0.05) is 36.7 Å². The summed E-state index contributed by atoms with van der Waals surface area (Å²) in [6.45, 7) is 6.32. The van der Waals surface area contributed by atoms with Crippen molar-refractivity contribution in [2.45, 2.75) is 26.8 Å². The number of rotatable bonds is 7. The first-order valence-corrected chi connectivity index (χ1v) is 10.1. The minimum absolute atomic E-state index is 0.560. The molecule has 0 bridgehead atoms. The lowest BCUT2D eigenvalue weighted by Crippen LogP contribution is -2.38. The van der Waals surface area contributed by atoms with Gasteiger partial charge >= 0.3 is 0 Å². The summed E-state index contributed by atoms with van der Waals surface area (Å²) < 4.78 is 0. The van der Waals surface area contributed by atoms with Gasteiger partial charge in [-0.05, 0) is 26.0 Å². The first-order valence-electron chi connectivity index (χ1n) is 9.18. The van der Waals surface area contributed by atoms with Crippen molar-refractivity contribution >= 4 is 17.3 Å². The predicted octanol–water partition coefficient (Wildman–Crippen LogP) is 3.81. The van der Waals surface area contributed by atoms with Crippen LogP contribution in [0.25, 0.3) is 10.6 Å². The fraction of sp³-hybridized carbons (Fsp3) is 0.286. The van der Waals surface area contributed by atoms with Gasteiger partial charge in [0.2, 0.25) is 0 Å². The zero-order valence-electron chi connectivity index (χ0n) is 15.8. The van der Waals surface area contributed by atoms with E-state index in [-0.39, 0.29) is 0 Å².